The quantitative estimate of drug-likeness (QED) is 0.148. The summed E-state index contributed by atoms with van der Waals surface area (Å²) in [7, 11) is 2.19. The van der Waals surface area contributed by atoms with Crippen molar-refractivity contribution in [3.05, 3.63) is 193 Å². The van der Waals surface area contributed by atoms with Gasteiger partial charge in [-0.15, -0.1) is 6.58 Å². The fraction of sp³-hybridized carbons (Fsp3) is 0.231. The zero-order valence-electron chi connectivity index (χ0n) is 32.4. The molecule has 0 spiro atoms. The third kappa shape index (κ3) is 8.14. The highest BCUT2D eigenvalue weighted by atomic mass is 15.2. The summed E-state index contributed by atoms with van der Waals surface area (Å²) in [5, 5.41) is 0. The average molecular weight is 707 g/mol. The number of allylic oxidation sites excluding steroid dienone is 8. The molecule has 0 saturated heterocycles. The number of anilines is 4. The van der Waals surface area contributed by atoms with E-state index in [4.69, 9.17) is 0 Å². The molecule has 4 aliphatic carbocycles. The van der Waals surface area contributed by atoms with Gasteiger partial charge in [0.2, 0.25) is 0 Å². The number of fused-ring (bicyclic) bond motifs is 4. The predicted octanol–water partition coefficient (Wildman–Crippen LogP) is 14.6. The Bertz CT molecular complexity index is 2130. The van der Waals surface area contributed by atoms with Crippen LogP contribution < -0.4 is 9.80 Å². The molecular formula is C52H54N2. The van der Waals surface area contributed by atoms with Gasteiger partial charge < -0.3 is 9.80 Å². The Kier molecular flexibility index (Phi) is 11.6. The number of hydrogen-bond donors (Lipinski definition) is 0. The summed E-state index contributed by atoms with van der Waals surface area (Å²) in [6.45, 7) is 9.41. The Morgan fingerprint density at radius 3 is 1.87 bits per heavy atom. The van der Waals surface area contributed by atoms with E-state index in [-0.39, 0.29) is 0 Å². The van der Waals surface area contributed by atoms with Crippen LogP contribution in [0.25, 0.3) is 22.8 Å². The molecule has 0 amide bonds. The van der Waals surface area contributed by atoms with Crippen molar-refractivity contribution in [3.63, 3.8) is 0 Å². The van der Waals surface area contributed by atoms with Crippen molar-refractivity contribution in [2.75, 3.05) is 16.8 Å². The lowest BCUT2D eigenvalue weighted by molar-refractivity contribution is 0.827. The molecular weight excluding hydrogens is 653 g/mol. The van der Waals surface area contributed by atoms with Crippen LogP contribution in [0.4, 0.5) is 22.7 Å². The van der Waals surface area contributed by atoms with Gasteiger partial charge in [-0.25, -0.2) is 0 Å². The molecule has 2 saturated carbocycles. The van der Waals surface area contributed by atoms with E-state index in [1.165, 1.54) is 81.1 Å². The first kappa shape index (κ1) is 36.7. The largest absolute Gasteiger partial charge is 0.345 e. The van der Waals surface area contributed by atoms with Crippen LogP contribution in [0.3, 0.4) is 0 Å². The van der Waals surface area contributed by atoms with Crippen molar-refractivity contribution in [2.24, 2.45) is 17.8 Å². The van der Waals surface area contributed by atoms with E-state index in [9.17, 15) is 0 Å². The van der Waals surface area contributed by atoms with Gasteiger partial charge in [0.25, 0.3) is 0 Å². The van der Waals surface area contributed by atoms with E-state index in [0.29, 0.717) is 11.8 Å². The van der Waals surface area contributed by atoms with E-state index < -0.39 is 0 Å². The van der Waals surface area contributed by atoms with E-state index >= 15 is 0 Å². The maximum atomic E-state index is 3.36. The monoisotopic (exact) mass is 706 g/mol. The molecule has 2 fully saturated rings. The van der Waals surface area contributed by atoms with Gasteiger partial charge in [-0.1, -0.05) is 122 Å². The lowest BCUT2D eigenvalue weighted by Gasteiger charge is -2.31. The number of benzene rings is 5. The first-order valence-electron chi connectivity index (χ1n) is 19.8. The van der Waals surface area contributed by atoms with Gasteiger partial charge in [0.05, 0.1) is 0 Å². The number of nitrogens with zero attached hydrogens (tertiary/aromatic N) is 2. The zero-order valence-corrected chi connectivity index (χ0v) is 32.4. The van der Waals surface area contributed by atoms with Gasteiger partial charge in [-0.2, -0.15) is 0 Å². The summed E-state index contributed by atoms with van der Waals surface area (Å²) < 4.78 is 0. The fourth-order valence-electron chi connectivity index (χ4n) is 8.07. The molecule has 4 unspecified atom stereocenters. The first-order chi connectivity index (χ1) is 26.5. The predicted molar refractivity (Wildman–Crippen MR) is 235 cm³/mol. The minimum absolute atomic E-state index is 0.523. The summed E-state index contributed by atoms with van der Waals surface area (Å²) in [5.41, 5.74) is 14.4. The van der Waals surface area contributed by atoms with Gasteiger partial charge in [-0.05, 0) is 145 Å². The Morgan fingerprint density at radius 1 is 0.648 bits per heavy atom. The SMILES string of the molecule is C/C=C\CC.C=CC.CN(c1ccc(N(C2=CC=C(c3ccccc3)C3CC23)c2ccc(-c3ccccc3)cc2)cc1)c1ccc2c(c1)C=CCC1CC21. The lowest BCUT2D eigenvalue weighted by Crippen LogP contribution is -2.20. The molecule has 5 aromatic rings. The molecule has 0 aliphatic heterocycles. The van der Waals surface area contributed by atoms with E-state index in [1.807, 2.05) is 13.8 Å². The van der Waals surface area contributed by atoms with Crippen LogP contribution in [0, 0.1) is 17.8 Å². The second-order valence-electron chi connectivity index (χ2n) is 14.8. The van der Waals surface area contributed by atoms with Crippen molar-refractivity contribution >= 4 is 34.4 Å². The summed E-state index contributed by atoms with van der Waals surface area (Å²) in [5.74, 6) is 2.72. The van der Waals surface area contributed by atoms with Crippen LogP contribution in [0.1, 0.15) is 69.1 Å². The molecule has 272 valence electrons. The topological polar surface area (TPSA) is 6.48 Å². The molecule has 54 heavy (non-hydrogen) atoms. The molecule has 0 bridgehead atoms. The Labute approximate surface area is 324 Å². The van der Waals surface area contributed by atoms with Crippen LogP contribution in [0.5, 0.6) is 0 Å². The third-order valence-electron chi connectivity index (χ3n) is 11.1. The van der Waals surface area contributed by atoms with Gasteiger partial charge >= 0.3 is 0 Å². The molecule has 2 heteroatoms. The fourth-order valence-corrected chi connectivity index (χ4v) is 8.07. The average Bonchev–Trinajstić information content (AvgIpc) is 4.15. The van der Waals surface area contributed by atoms with E-state index in [0.717, 1.165) is 18.3 Å². The highest BCUT2D eigenvalue weighted by molar-refractivity contribution is 5.80. The lowest BCUT2D eigenvalue weighted by atomic mass is 9.94. The van der Waals surface area contributed by atoms with Crippen LogP contribution in [0.2, 0.25) is 0 Å². The standard InChI is InChI=1S/C44H38N2.C5H10.C3H6/c1-45(38-23-24-40-33(27-38)13-8-14-34-28-41(34)40)35-19-21-37(22-20-35)46(36-17-15-31(16-18-36)30-9-4-2-5-10-30)44-26-25-39(42-29-43(42)44)32-11-6-3-7-12-32;1-3-5-4-2;1-3-2/h2-13,15-27,34,41-43H,14,28-29H2,1H3;3,5H,4H2,1-2H3;3H,1H2,2H3/b;5-3-;. The zero-order chi connectivity index (χ0) is 37.4. The van der Waals surface area contributed by atoms with Crippen molar-refractivity contribution in [3.8, 4) is 11.1 Å². The first-order valence-corrected chi connectivity index (χ1v) is 19.8. The maximum Gasteiger partial charge on any atom is 0.0460 e. The Balaban J connectivity index is 0.000000515. The van der Waals surface area contributed by atoms with E-state index in [2.05, 4.69) is 194 Å². The normalized spacial score (nSPS) is 19.9. The molecule has 5 aromatic carbocycles. The van der Waals surface area contributed by atoms with Crippen molar-refractivity contribution in [1.82, 2.24) is 0 Å². The summed E-state index contributed by atoms with van der Waals surface area (Å²) in [4.78, 5) is 4.80. The number of hydrogen-bond acceptors (Lipinski definition) is 2. The van der Waals surface area contributed by atoms with Crippen LogP contribution >= 0.6 is 0 Å². The van der Waals surface area contributed by atoms with Gasteiger partial charge in [-0.3, -0.25) is 0 Å². The Morgan fingerprint density at radius 2 is 1.24 bits per heavy atom. The molecule has 2 nitrogen and oxygen atoms in total. The summed E-state index contributed by atoms with van der Waals surface area (Å²) >= 11 is 0. The highest BCUT2D eigenvalue weighted by Crippen LogP contribution is 2.57. The van der Waals surface area contributed by atoms with Gasteiger partial charge in [0.15, 0.2) is 0 Å². The highest BCUT2D eigenvalue weighted by Gasteiger charge is 2.46. The molecule has 4 atom stereocenters. The van der Waals surface area contributed by atoms with Gasteiger partial charge in [0, 0.05) is 41.4 Å². The third-order valence-corrected chi connectivity index (χ3v) is 11.1. The molecule has 0 aromatic heterocycles. The maximum absolute atomic E-state index is 3.36. The molecule has 0 N–H and O–H groups in total. The number of rotatable bonds is 8. The van der Waals surface area contributed by atoms with Crippen LogP contribution in [-0.2, 0) is 0 Å². The smallest absolute Gasteiger partial charge is 0.0460 e. The van der Waals surface area contributed by atoms with Crippen molar-refractivity contribution < 1.29 is 0 Å². The molecule has 4 aliphatic rings. The van der Waals surface area contributed by atoms with Crippen molar-refractivity contribution in [2.45, 2.75) is 52.4 Å². The summed E-state index contributed by atoms with van der Waals surface area (Å²) in [6.07, 6.45) is 20.3. The van der Waals surface area contributed by atoms with Crippen molar-refractivity contribution in [1.29, 1.82) is 0 Å². The van der Waals surface area contributed by atoms with E-state index in [1.54, 1.807) is 6.08 Å². The molecule has 9 rings (SSSR count). The second-order valence-corrected chi connectivity index (χ2v) is 14.8. The van der Waals surface area contributed by atoms with Crippen LogP contribution in [0.15, 0.2) is 176 Å². The molecule has 0 radical (unpaired) electrons. The second kappa shape index (κ2) is 17.0. The minimum Gasteiger partial charge on any atom is -0.345 e. The Hall–Kier alpha value is -5.60. The molecule has 0 heterocycles. The minimum atomic E-state index is 0.523. The van der Waals surface area contributed by atoms with Gasteiger partial charge in [0.1, 0.15) is 0 Å². The summed E-state index contributed by atoms with van der Waals surface area (Å²) in [6, 6.07) is 46.8. The van der Waals surface area contributed by atoms with Crippen LogP contribution in [-0.4, -0.2) is 7.05 Å².